The number of aromatic nitrogens is 4. The van der Waals surface area contributed by atoms with E-state index in [9.17, 15) is 9.59 Å². The third-order valence-corrected chi connectivity index (χ3v) is 2.71. The van der Waals surface area contributed by atoms with E-state index in [4.69, 9.17) is 21.7 Å². The van der Waals surface area contributed by atoms with Gasteiger partial charge in [-0.25, -0.2) is 9.97 Å². The Morgan fingerprint density at radius 1 is 0.920 bits per heavy atom. The van der Waals surface area contributed by atoms with Crippen molar-refractivity contribution in [1.29, 1.82) is 0 Å². The maximum Gasteiger partial charge on any atom is 0.320 e. The SMILES string of the molecule is N[C@@H](Cc1c[nH+]c[nH]1)C(=O)O.N[C@@H](Cc1c[nH+]c[nH]1)C(=O)O.[Cu].[OH3+].[OH3+]. The van der Waals surface area contributed by atoms with Crippen molar-refractivity contribution in [3.05, 3.63) is 36.4 Å². The second-order valence-corrected chi connectivity index (χ2v) is 4.55. The predicted octanol–water partition coefficient (Wildman–Crippen LogP) is -4.28. The van der Waals surface area contributed by atoms with Crippen molar-refractivity contribution in [2.24, 2.45) is 11.5 Å². The fourth-order valence-corrected chi connectivity index (χ4v) is 1.52. The maximum absolute atomic E-state index is 10.3. The van der Waals surface area contributed by atoms with E-state index in [1.165, 1.54) is 0 Å². The van der Waals surface area contributed by atoms with Crippen LogP contribution in [0.2, 0.25) is 0 Å². The van der Waals surface area contributed by atoms with Crippen LogP contribution in [0.1, 0.15) is 11.4 Å². The summed E-state index contributed by atoms with van der Waals surface area (Å²) in [5, 5.41) is 16.9. The molecule has 0 aromatic carbocycles. The zero-order chi connectivity index (χ0) is 16.5. The molecule has 147 valence electrons. The minimum absolute atomic E-state index is 0. The minimum atomic E-state index is -0.986. The molecule has 25 heavy (non-hydrogen) atoms. The summed E-state index contributed by atoms with van der Waals surface area (Å²) < 4.78 is 0. The van der Waals surface area contributed by atoms with E-state index in [2.05, 4.69) is 19.9 Å². The van der Waals surface area contributed by atoms with Crippen molar-refractivity contribution in [2.75, 3.05) is 0 Å². The van der Waals surface area contributed by atoms with E-state index in [0.717, 1.165) is 11.4 Å². The molecule has 0 fully saturated rings. The summed E-state index contributed by atoms with van der Waals surface area (Å²) in [6.45, 7) is 0. The van der Waals surface area contributed by atoms with E-state index < -0.39 is 24.0 Å². The van der Waals surface area contributed by atoms with Crippen LogP contribution in [0, 0.1) is 0 Å². The zero-order valence-corrected chi connectivity index (χ0v) is 14.1. The molecule has 2 aromatic rings. The molecule has 0 unspecified atom stereocenters. The van der Waals surface area contributed by atoms with Gasteiger partial charge in [0.05, 0.1) is 0 Å². The molecule has 2 rings (SSSR count). The Morgan fingerprint density at radius 2 is 1.24 bits per heavy atom. The van der Waals surface area contributed by atoms with Crippen LogP contribution in [0.5, 0.6) is 0 Å². The second-order valence-electron chi connectivity index (χ2n) is 4.55. The predicted molar refractivity (Wildman–Crippen MR) is 83.1 cm³/mol. The number of hydrogen-bond acceptors (Lipinski definition) is 4. The van der Waals surface area contributed by atoms with Crippen molar-refractivity contribution in [3.63, 3.8) is 0 Å². The Kier molecular flexibility index (Phi) is 15.5. The van der Waals surface area contributed by atoms with Gasteiger partial charge in [0.1, 0.15) is 35.9 Å². The van der Waals surface area contributed by atoms with Crippen molar-refractivity contribution < 1.29 is 57.8 Å². The molecule has 2 atom stereocenters. The summed E-state index contributed by atoms with van der Waals surface area (Å²) in [4.78, 5) is 31.7. The first-order chi connectivity index (χ1) is 10.4. The van der Waals surface area contributed by atoms with E-state index in [-0.39, 0.29) is 28.0 Å². The van der Waals surface area contributed by atoms with Crippen LogP contribution < -0.4 is 21.4 Å². The Labute approximate surface area is 153 Å². The van der Waals surface area contributed by atoms with Gasteiger partial charge in [-0.1, -0.05) is 0 Å². The van der Waals surface area contributed by atoms with Crippen LogP contribution in [0.25, 0.3) is 0 Å². The van der Waals surface area contributed by atoms with Crippen LogP contribution >= 0.6 is 0 Å². The molecule has 16 N–H and O–H groups in total. The summed E-state index contributed by atoms with van der Waals surface area (Å²) in [5.41, 5.74) is 12.1. The third kappa shape index (κ3) is 11.0. The number of carbonyl (C=O) groups is 2. The van der Waals surface area contributed by atoms with Crippen molar-refractivity contribution in [2.45, 2.75) is 24.9 Å². The summed E-state index contributed by atoms with van der Waals surface area (Å²) >= 11 is 0. The number of carboxylic acid groups (broad SMARTS) is 2. The third-order valence-electron chi connectivity index (χ3n) is 2.71. The number of aliphatic carboxylic acids is 2. The molecule has 0 bridgehead atoms. The summed E-state index contributed by atoms with van der Waals surface area (Å²) in [6.07, 6.45) is 7.23. The van der Waals surface area contributed by atoms with E-state index >= 15 is 0 Å². The minimum Gasteiger partial charge on any atom is -0.480 e. The Balaban J connectivity index is -0.000000346. The van der Waals surface area contributed by atoms with Gasteiger partial charge in [0.2, 0.25) is 12.7 Å². The van der Waals surface area contributed by atoms with E-state index in [1.807, 2.05) is 0 Å². The number of carboxylic acids is 2. The van der Waals surface area contributed by atoms with Crippen LogP contribution in [-0.4, -0.2) is 44.2 Å². The number of aromatic amines is 4. The molecular weight excluding hydrogens is 388 g/mol. The summed E-state index contributed by atoms with van der Waals surface area (Å²) in [7, 11) is 0. The number of rotatable bonds is 6. The van der Waals surface area contributed by atoms with Gasteiger partial charge in [-0.15, -0.1) is 0 Å². The van der Waals surface area contributed by atoms with E-state index in [1.54, 1.807) is 25.0 Å². The molecule has 12 nitrogen and oxygen atoms in total. The van der Waals surface area contributed by atoms with Gasteiger partial charge in [0, 0.05) is 29.9 Å². The normalized spacial score (nSPS) is 11.3. The second kappa shape index (κ2) is 14.1. The van der Waals surface area contributed by atoms with Gasteiger partial charge in [-0.3, -0.25) is 19.6 Å². The monoisotopic (exact) mass is 413 g/mol. The largest absolute Gasteiger partial charge is 0.480 e. The van der Waals surface area contributed by atoms with Crippen molar-refractivity contribution in [3.8, 4) is 0 Å². The summed E-state index contributed by atoms with van der Waals surface area (Å²) in [6, 6.07) is -1.66. The quantitative estimate of drug-likeness (QED) is 0.201. The molecule has 2 aromatic heterocycles. The molecule has 1 radical (unpaired) electrons. The van der Waals surface area contributed by atoms with E-state index in [0.29, 0.717) is 12.8 Å². The molecule has 0 saturated heterocycles. The van der Waals surface area contributed by atoms with Crippen LogP contribution in [0.3, 0.4) is 0 Å². The van der Waals surface area contributed by atoms with Gasteiger partial charge in [0.15, 0.2) is 0 Å². The van der Waals surface area contributed by atoms with Crippen molar-refractivity contribution >= 4 is 11.9 Å². The first-order valence-corrected chi connectivity index (χ1v) is 6.43. The van der Waals surface area contributed by atoms with Crippen molar-refractivity contribution in [1.82, 2.24) is 9.97 Å². The average Bonchev–Trinajstić information content (AvgIpc) is 3.12. The first kappa shape index (κ1) is 27.6. The molecule has 0 saturated carbocycles. The van der Waals surface area contributed by atoms with Gasteiger partial charge in [0.25, 0.3) is 0 Å². The maximum atomic E-state index is 10.3. The van der Waals surface area contributed by atoms with Crippen LogP contribution in [0.15, 0.2) is 25.0 Å². The topological polar surface area (TPSA) is 252 Å². The first-order valence-electron chi connectivity index (χ1n) is 6.43. The fraction of sp³-hybridized carbons (Fsp3) is 0.333. The molecular formula is C12H26CuN6O6+4. The van der Waals surface area contributed by atoms with Gasteiger partial charge < -0.3 is 32.6 Å². The molecule has 2 heterocycles. The van der Waals surface area contributed by atoms with Gasteiger partial charge in [-0.2, -0.15) is 0 Å². The number of nitrogens with one attached hydrogen (secondary N) is 4. The Hall–Kier alpha value is -2.28. The molecule has 0 spiro atoms. The standard InChI is InChI=1S/2C6H9N3O2.Cu.2H2O/c2*7-5(6(10)11)1-4-2-8-3-9-4;;;/h2*2-3,5H,1,7H2,(H,8,9)(H,10,11);;2*1H2/p+4/t2*5-;;;/m00.../s1. The number of imidazole rings is 2. The Morgan fingerprint density at radius 3 is 1.44 bits per heavy atom. The smallest absolute Gasteiger partial charge is 0.320 e. The number of hydrogen-bond donors (Lipinski definition) is 6. The van der Waals surface area contributed by atoms with Gasteiger partial charge >= 0.3 is 11.9 Å². The molecule has 0 aliphatic carbocycles. The fourth-order valence-electron chi connectivity index (χ4n) is 1.52. The van der Waals surface area contributed by atoms with Crippen LogP contribution in [0.4, 0.5) is 0 Å². The Bertz CT molecular complexity index is 527. The number of nitrogens with two attached hydrogens (primary N) is 2. The number of H-pyrrole nitrogens is 4. The van der Waals surface area contributed by atoms with Crippen LogP contribution in [-0.2, 0) is 50.5 Å². The molecule has 0 aliphatic rings. The zero-order valence-electron chi connectivity index (χ0n) is 13.2. The molecule has 13 heteroatoms. The summed E-state index contributed by atoms with van der Waals surface area (Å²) in [5.74, 6) is -1.97. The molecule has 0 amide bonds. The average molecular weight is 414 g/mol. The molecule has 0 aliphatic heterocycles. The van der Waals surface area contributed by atoms with Gasteiger partial charge in [-0.05, 0) is 0 Å².